The summed E-state index contributed by atoms with van der Waals surface area (Å²) in [6, 6.07) is 19.9. The molecular weight excluding hydrogens is 490 g/mol. The maximum Gasteiger partial charge on any atom is 0.258 e. The maximum atomic E-state index is 12.9. The van der Waals surface area contributed by atoms with Gasteiger partial charge < -0.3 is 20.2 Å². The number of rotatable bonds is 7. The number of hydrogen-bond donors (Lipinski definition) is 3. The van der Waals surface area contributed by atoms with E-state index in [0.29, 0.717) is 29.1 Å². The standard InChI is InChI=1S/C30H31N7O2/c1-35-10-12-36(13-11-35)19-22-8-5-9-27-25(22)15-28(34-27)26-14-24(17-31-30(26)39)33-29(38)23-16-32-37(20-23)18-21-6-3-2-4-7-21/h2-9,14-17,20,34H,10-13,18-19H2,1H3,(H,31,39)(H,33,38). The lowest BCUT2D eigenvalue weighted by atomic mass is 10.1. The van der Waals surface area contributed by atoms with E-state index in [2.05, 4.69) is 43.3 Å². The van der Waals surface area contributed by atoms with E-state index in [1.807, 2.05) is 48.5 Å². The second-order valence-electron chi connectivity index (χ2n) is 10.1. The molecule has 4 heterocycles. The molecule has 198 valence electrons. The van der Waals surface area contributed by atoms with Crippen molar-refractivity contribution in [2.75, 3.05) is 38.5 Å². The van der Waals surface area contributed by atoms with Crippen LogP contribution in [0.2, 0.25) is 0 Å². The smallest absolute Gasteiger partial charge is 0.258 e. The molecule has 5 aromatic rings. The van der Waals surface area contributed by atoms with Crippen LogP contribution >= 0.6 is 0 Å². The van der Waals surface area contributed by atoms with Gasteiger partial charge >= 0.3 is 0 Å². The highest BCUT2D eigenvalue weighted by atomic mass is 16.1. The van der Waals surface area contributed by atoms with Crippen LogP contribution in [-0.2, 0) is 13.1 Å². The quantitative estimate of drug-likeness (QED) is 0.303. The highest BCUT2D eigenvalue weighted by Gasteiger charge is 2.17. The number of likely N-dealkylation sites (N-methyl/N-ethyl adjacent to an activating group) is 1. The number of nitrogens with one attached hydrogen (secondary N) is 3. The van der Waals surface area contributed by atoms with Gasteiger partial charge in [-0.15, -0.1) is 0 Å². The number of pyridine rings is 1. The van der Waals surface area contributed by atoms with E-state index in [0.717, 1.165) is 49.2 Å². The molecule has 39 heavy (non-hydrogen) atoms. The zero-order chi connectivity index (χ0) is 26.8. The Hall–Kier alpha value is -4.47. The van der Waals surface area contributed by atoms with Crippen molar-refractivity contribution in [2.24, 2.45) is 0 Å². The van der Waals surface area contributed by atoms with Gasteiger partial charge in [-0.05, 0) is 36.4 Å². The van der Waals surface area contributed by atoms with Gasteiger partial charge in [0.15, 0.2) is 0 Å². The minimum Gasteiger partial charge on any atom is -0.354 e. The molecule has 1 fully saturated rings. The number of amides is 1. The summed E-state index contributed by atoms with van der Waals surface area (Å²) < 4.78 is 1.73. The van der Waals surface area contributed by atoms with Crippen LogP contribution in [0.1, 0.15) is 21.5 Å². The summed E-state index contributed by atoms with van der Waals surface area (Å²) in [5, 5.41) is 8.31. The fourth-order valence-electron chi connectivity index (χ4n) is 5.04. The van der Waals surface area contributed by atoms with Gasteiger partial charge in [0, 0.05) is 56.0 Å². The normalized spacial score (nSPS) is 14.6. The number of nitrogens with zero attached hydrogens (tertiary/aromatic N) is 4. The zero-order valence-electron chi connectivity index (χ0n) is 21.9. The first-order valence-electron chi connectivity index (χ1n) is 13.1. The van der Waals surface area contributed by atoms with Gasteiger partial charge in [-0.25, -0.2) is 0 Å². The number of aromatic amines is 2. The van der Waals surface area contributed by atoms with Gasteiger partial charge in [-0.1, -0.05) is 42.5 Å². The molecule has 1 amide bonds. The molecule has 0 unspecified atom stereocenters. The minimum absolute atomic E-state index is 0.226. The third-order valence-corrected chi connectivity index (χ3v) is 7.28. The first kappa shape index (κ1) is 24.8. The summed E-state index contributed by atoms with van der Waals surface area (Å²) in [6.45, 7) is 5.65. The van der Waals surface area contributed by atoms with Crippen LogP contribution in [0, 0.1) is 0 Å². The fraction of sp³-hybridized carbons (Fsp3) is 0.233. The molecule has 0 aliphatic carbocycles. The third kappa shape index (κ3) is 5.55. The predicted molar refractivity (Wildman–Crippen MR) is 153 cm³/mol. The highest BCUT2D eigenvalue weighted by Crippen LogP contribution is 2.27. The van der Waals surface area contributed by atoms with E-state index in [9.17, 15) is 9.59 Å². The van der Waals surface area contributed by atoms with Gasteiger partial charge in [0.05, 0.1) is 35.2 Å². The number of H-pyrrole nitrogens is 2. The first-order valence-corrected chi connectivity index (χ1v) is 13.1. The van der Waals surface area contributed by atoms with Crippen molar-refractivity contribution in [1.29, 1.82) is 0 Å². The average molecular weight is 522 g/mol. The van der Waals surface area contributed by atoms with Crippen molar-refractivity contribution in [1.82, 2.24) is 29.5 Å². The number of hydrogen-bond acceptors (Lipinski definition) is 5. The molecule has 1 saturated heterocycles. The number of fused-ring (bicyclic) bond motifs is 1. The Bertz CT molecular complexity index is 1660. The van der Waals surface area contributed by atoms with Crippen LogP contribution in [0.3, 0.4) is 0 Å². The summed E-state index contributed by atoms with van der Waals surface area (Å²) in [4.78, 5) is 36.7. The molecule has 0 spiro atoms. The molecule has 9 heteroatoms. The zero-order valence-corrected chi connectivity index (χ0v) is 21.9. The minimum atomic E-state index is -0.293. The molecule has 9 nitrogen and oxygen atoms in total. The monoisotopic (exact) mass is 521 g/mol. The van der Waals surface area contributed by atoms with Gasteiger partial charge in [0.25, 0.3) is 11.5 Å². The molecule has 0 radical (unpaired) electrons. The number of carbonyl (C=O) groups excluding carboxylic acids is 1. The summed E-state index contributed by atoms with van der Waals surface area (Å²) in [7, 11) is 2.16. The van der Waals surface area contributed by atoms with E-state index in [1.54, 1.807) is 23.1 Å². The average Bonchev–Trinajstić information content (AvgIpc) is 3.60. The third-order valence-electron chi connectivity index (χ3n) is 7.28. The van der Waals surface area contributed by atoms with Crippen molar-refractivity contribution in [3.63, 3.8) is 0 Å². The van der Waals surface area contributed by atoms with Gasteiger partial charge in [-0.3, -0.25) is 19.2 Å². The molecule has 0 atom stereocenters. The molecule has 1 aliphatic heterocycles. The Labute approximate surface area is 226 Å². The Balaban J connectivity index is 1.20. The summed E-state index contributed by atoms with van der Waals surface area (Å²) in [5.41, 5.74) is 5.21. The number of aromatic nitrogens is 4. The lowest BCUT2D eigenvalue weighted by Crippen LogP contribution is -2.43. The lowest BCUT2D eigenvalue weighted by Gasteiger charge is -2.32. The summed E-state index contributed by atoms with van der Waals surface area (Å²) in [6.07, 6.45) is 4.78. The summed E-state index contributed by atoms with van der Waals surface area (Å²) >= 11 is 0. The van der Waals surface area contributed by atoms with E-state index in [-0.39, 0.29) is 11.5 Å². The first-order chi connectivity index (χ1) is 19.0. The Morgan fingerprint density at radius 3 is 2.64 bits per heavy atom. The van der Waals surface area contributed by atoms with Crippen LogP contribution in [-0.4, -0.2) is 68.7 Å². The van der Waals surface area contributed by atoms with E-state index < -0.39 is 0 Å². The number of carbonyl (C=O) groups is 1. The molecule has 1 aliphatic rings. The van der Waals surface area contributed by atoms with Crippen LogP contribution in [0.5, 0.6) is 0 Å². The lowest BCUT2D eigenvalue weighted by molar-refractivity contribution is 0.102. The van der Waals surface area contributed by atoms with E-state index >= 15 is 0 Å². The molecule has 3 aromatic heterocycles. The van der Waals surface area contributed by atoms with Crippen molar-refractivity contribution in [3.05, 3.63) is 106 Å². The molecule has 2 aromatic carbocycles. The second-order valence-corrected chi connectivity index (χ2v) is 10.1. The van der Waals surface area contributed by atoms with Crippen LogP contribution < -0.4 is 10.9 Å². The molecule has 0 saturated carbocycles. The van der Waals surface area contributed by atoms with Crippen LogP contribution in [0.25, 0.3) is 22.2 Å². The molecular formula is C30H31N7O2. The largest absolute Gasteiger partial charge is 0.354 e. The van der Waals surface area contributed by atoms with E-state index in [4.69, 9.17) is 0 Å². The Morgan fingerprint density at radius 1 is 1.00 bits per heavy atom. The summed E-state index contributed by atoms with van der Waals surface area (Å²) in [5.74, 6) is -0.293. The Kier molecular flexibility index (Phi) is 6.83. The van der Waals surface area contributed by atoms with Crippen molar-refractivity contribution in [3.8, 4) is 11.3 Å². The topological polar surface area (TPSA) is 102 Å². The van der Waals surface area contributed by atoms with Gasteiger partial charge in [0.2, 0.25) is 0 Å². The number of piperazine rings is 1. The van der Waals surface area contributed by atoms with Crippen LogP contribution in [0.4, 0.5) is 5.69 Å². The van der Waals surface area contributed by atoms with Crippen molar-refractivity contribution >= 4 is 22.5 Å². The van der Waals surface area contributed by atoms with Crippen molar-refractivity contribution in [2.45, 2.75) is 13.1 Å². The molecule has 6 rings (SSSR count). The fourth-order valence-corrected chi connectivity index (χ4v) is 5.04. The number of anilines is 1. The highest BCUT2D eigenvalue weighted by molar-refractivity contribution is 6.04. The van der Waals surface area contributed by atoms with Crippen molar-refractivity contribution < 1.29 is 4.79 Å². The number of benzene rings is 2. The SMILES string of the molecule is CN1CCN(Cc2cccc3[nH]c(-c4cc(NC(=O)c5cnn(Cc6ccccc6)c5)c[nH]c4=O)cc23)CC1. The van der Waals surface area contributed by atoms with E-state index in [1.165, 1.54) is 11.8 Å². The van der Waals surface area contributed by atoms with Gasteiger partial charge in [0.1, 0.15) is 0 Å². The van der Waals surface area contributed by atoms with Gasteiger partial charge in [-0.2, -0.15) is 5.10 Å². The predicted octanol–water partition coefficient (Wildman–Crippen LogP) is 3.77. The second kappa shape index (κ2) is 10.7. The Morgan fingerprint density at radius 2 is 1.82 bits per heavy atom. The molecule has 0 bridgehead atoms. The molecule has 3 N–H and O–H groups in total. The maximum absolute atomic E-state index is 12.9. The van der Waals surface area contributed by atoms with Crippen LogP contribution in [0.15, 0.2) is 84.0 Å².